The fraction of sp³-hybridized carbons (Fsp3) is 0.538. The van der Waals surface area contributed by atoms with Crippen LogP contribution in [0.4, 0.5) is 5.69 Å². The second kappa shape index (κ2) is 5.38. The van der Waals surface area contributed by atoms with Gasteiger partial charge in [-0.15, -0.1) is 0 Å². The molecule has 1 aromatic carbocycles. The maximum absolute atomic E-state index is 5.91. The van der Waals surface area contributed by atoms with Gasteiger partial charge in [0.2, 0.25) is 0 Å². The molecular weight excluding hydrogens is 216 g/mol. The third-order valence-electron chi connectivity index (χ3n) is 3.08. The molecule has 0 bridgehead atoms. The molecule has 2 rings (SSSR count). The molecule has 94 valence electrons. The smallest absolute Gasteiger partial charge is 0.125 e. The highest BCUT2D eigenvalue weighted by Crippen LogP contribution is 2.29. The molecule has 0 spiro atoms. The van der Waals surface area contributed by atoms with E-state index >= 15 is 0 Å². The highest BCUT2D eigenvalue weighted by molar-refractivity contribution is 5.54. The topological polar surface area (TPSA) is 47.7 Å². The van der Waals surface area contributed by atoms with Gasteiger partial charge in [-0.2, -0.15) is 0 Å². The second-order valence-electron chi connectivity index (χ2n) is 4.31. The van der Waals surface area contributed by atoms with Crippen molar-refractivity contribution in [3.63, 3.8) is 0 Å². The summed E-state index contributed by atoms with van der Waals surface area (Å²) >= 11 is 0. The highest BCUT2D eigenvalue weighted by Gasteiger charge is 2.14. The van der Waals surface area contributed by atoms with Crippen molar-refractivity contribution in [3.8, 4) is 5.75 Å². The Balaban J connectivity index is 2.24. The second-order valence-corrected chi connectivity index (χ2v) is 4.31. The summed E-state index contributed by atoms with van der Waals surface area (Å²) in [5.74, 6) is 0.865. The number of rotatable bonds is 3. The molecule has 0 unspecified atom stereocenters. The van der Waals surface area contributed by atoms with E-state index in [1.807, 2.05) is 13.0 Å². The molecule has 1 saturated heterocycles. The van der Waals surface area contributed by atoms with Gasteiger partial charge in [-0.1, -0.05) is 6.07 Å². The normalized spacial score (nSPS) is 17.9. The molecule has 4 heteroatoms. The van der Waals surface area contributed by atoms with Gasteiger partial charge in [0.15, 0.2) is 0 Å². The number of nitrogens with two attached hydrogens (primary N) is 1. The van der Waals surface area contributed by atoms with Crippen LogP contribution in [0.15, 0.2) is 18.2 Å². The predicted molar refractivity (Wildman–Crippen MR) is 68.6 cm³/mol. The van der Waals surface area contributed by atoms with Gasteiger partial charge in [-0.05, 0) is 13.0 Å². The van der Waals surface area contributed by atoms with Gasteiger partial charge >= 0.3 is 0 Å². The van der Waals surface area contributed by atoms with E-state index in [-0.39, 0.29) is 6.04 Å². The summed E-state index contributed by atoms with van der Waals surface area (Å²) in [5.41, 5.74) is 8.13. The maximum atomic E-state index is 5.91. The first kappa shape index (κ1) is 12.2. The molecule has 4 nitrogen and oxygen atoms in total. The Kier molecular flexibility index (Phi) is 3.86. The van der Waals surface area contributed by atoms with Crippen LogP contribution in [0.25, 0.3) is 0 Å². The summed E-state index contributed by atoms with van der Waals surface area (Å²) in [6.07, 6.45) is 0. The average Bonchev–Trinajstić information content (AvgIpc) is 2.39. The molecule has 0 saturated carbocycles. The summed E-state index contributed by atoms with van der Waals surface area (Å²) in [7, 11) is 1.68. The minimum atomic E-state index is -0.0105. The minimum Gasteiger partial charge on any atom is -0.496 e. The first-order chi connectivity index (χ1) is 8.22. The molecule has 1 aromatic rings. The number of methoxy groups -OCH3 is 1. The highest BCUT2D eigenvalue weighted by atomic mass is 16.5. The van der Waals surface area contributed by atoms with E-state index in [0.29, 0.717) is 0 Å². The van der Waals surface area contributed by atoms with Crippen LogP contribution in [-0.4, -0.2) is 33.4 Å². The van der Waals surface area contributed by atoms with Gasteiger partial charge < -0.3 is 20.1 Å². The Morgan fingerprint density at radius 1 is 1.35 bits per heavy atom. The van der Waals surface area contributed by atoms with Crippen molar-refractivity contribution in [2.24, 2.45) is 5.73 Å². The Labute approximate surface area is 102 Å². The number of hydrogen-bond donors (Lipinski definition) is 1. The number of morpholine rings is 1. The quantitative estimate of drug-likeness (QED) is 0.865. The third kappa shape index (κ3) is 2.70. The van der Waals surface area contributed by atoms with Crippen molar-refractivity contribution in [3.05, 3.63) is 23.8 Å². The van der Waals surface area contributed by atoms with E-state index in [4.69, 9.17) is 15.2 Å². The van der Waals surface area contributed by atoms with Crippen molar-refractivity contribution in [1.82, 2.24) is 0 Å². The van der Waals surface area contributed by atoms with E-state index in [1.165, 1.54) is 5.69 Å². The molecule has 1 fully saturated rings. The van der Waals surface area contributed by atoms with Crippen LogP contribution in [0.2, 0.25) is 0 Å². The van der Waals surface area contributed by atoms with Gasteiger partial charge in [-0.25, -0.2) is 0 Å². The SMILES string of the molecule is COc1cc(N2CCOCC2)ccc1[C@H](C)N. The summed E-state index contributed by atoms with van der Waals surface area (Å²) in [5, 5.41) is 0. The van der Waals surface area contributed by atoms with Crippen LogP contribution >= 0.6 is 0 Å². The molecular formula is C13H20N2O2. The van der Waals surface area contributed by atoms with Gasteiger partial charge in [-0.3, -0.25) is 0 Å². The van der Waals surface area contributed by atoms with Crippen LogP contribution in [0.1, 0.15) is 18.5 Å². The lowest BCUT2D eigenvalue weighted by Crippen LogP contribution is -2.36. The van der Waals surface area contributed by atoms with Crippen molar-refractivity contribution in [2.75, 3.05) is 38.3 Å². The third-order valence-corrected chi connectivity index (χ3v) is 3.08. The number of hydrogen-bond acceptors (Lipinski definition) is 4. The molecule has 1 aliphatic heterocycles. The standard InChI is InChI=1S/C13H20N2O2/c1-10(14)12-4-3-11(9-13(12)16-2)15-5-7-17-8-6-15/h3-4,9-10H,5-8,14H2,1-2H3/t10-/m0/s1. The summed E-state index contributed by atoms with van der Waals surface area (Å²) in [4.78, 5) is 2.30. The summed E-state index contributed by atoms with van der Waals surface area (Å²) in [6.45, 7) is 5.41. The number of ether oxygens (including phenoxy) is 2. The van der Waals surface area contributed by atoms with Gasteiger partial charge in [0.1, 0.15) is 5.75 Å². The Morgan fingerprint density at radius 2 is 2.06 bits per heavy atom. The zero-order valence-corrected chi connectivity index (χ0v) is 10.5. The van der Waals surface area contributed by atoms with Crippen LogP contribution < -0.4 is 15.4 Å². The first-order valence-electron chi connectivity index (χ1n) is 5.98. The molecule has 0 radical (unpaired) electrons. The van der Waals surface area contributed by atoms with Gasteiger partial charge in [0, 0.05) is 36.4 Å². The zero-order chi connectivity index (χ0) is 12.3. The fourth-order valence-electron chi connectivity index (χ4n) is 2.09. The lowest BCUT2D eigenvalue weighted by Gasteiger charge is -2.29. The molecule has 0 aliphatic carbocycles. The molecule has 17 heavy (non-hydrogen) atoms. The minimum absolute atomic E-state index is 0.0105. The van der Waals surface area contributed by atoms with Crippen molar-refractivity contribution >= 4 is 5.69 Å². The van der Waals surface area contributed by atoms with Crippen molar-refractivity contribution < 1.29 is 9.47 Å². The van der Waals surface area contributed by atoms with E-state index in [1.54, 1.807) is 7.11 Å². The van der Waals surface area contributed by atoms with Gasteiger partial charge in [0.25, 0.3) is 0 Å². The van der Waals surface area contributed by atoms with Crippen molar-refractivity contribution in [1.29, 1.82) is 0 Å². The Hall–Kier alpha value is -1.26. The van der Waals surface area contributed by atoms with Crippen LogP contribution in [-0.2, 0) is 4.74 Å². The fourth-order valence-corrected chi connectivity index (χ4v) is 2.09. The summed E-state index contributed by atoms with van der Waals surface area (Å²) < 4.78 is 10.7. The van der Waals surface area contributed by atoms with Crippen LogP contribution in [0, 0.1) is 0 Å². The summed E-state index contributed by atoms with van der Waals surface area (Å²) in [6, 6.07) is 6.20. The van der Waals surface area contributed by atoms with Gasteiger partial charge in [0.05, 0.1) is 20.3 Å². The van der Waals surface area contributed by atoms with E-state index in [9.17, 15) is 0 Å². The largest absolute Gasteiger partial charge is 0.496 e. The molecule has 1 aliphatic rings. The molecule has 2 N–H and O–H groups in total. The average molecular weight is 236 g/mol. The molecule has 1 heterocycles. The molecule has 0 aromatic heterocycles. The lowest BCUT2D eigenvalue weighted by atomic mass is 10.1. The number of benzene rings is 1. The molecule has 1 atom stereocenters. The molecule has 0 amide bonds. The monoisotopic (exact) mass is 236 g/mol. The lowest BCUT2D eigenvalue weighted by molar-refractivity contribution is 0.122. The first-order valence-corrected chi connectivity index (χ1v) is 5.98. The predicted octanol–water partition coefficient (Wildman–Crippen LogP) is 1.55. The van der Waals surface area contributed by atoms with E-state index in [2.05, 4.69) is 17.0 Å². The number of anilines is 1. The Morgan fingerprint density at radius 3 is 2.65 bits per heavy atom. The van der Waals surface area contributed by atoms with E-state index in [0.717, 1.165) is 37.6 Å². The van der Waals surface area contributed by atoms with E-state index < -0.39 is 0 Å². The maximum Gasteiger partial charge on any atom is 0.125 e. The van der Waals surface area contributed by atoms with Crippen LogP contribution in [0.5, 0.6) is 5.75 Å². The Bertz CT molecular complexity index is 374. The van der Waals surface area contributed by atoms with Crippen LogP contribution in [0.3, 0.4) is 0 Å². The zero-order valence-electron chi connectivity index (χ0n) is 10.5. The number of nitrogens with zero attached hydrogens (tertiary/aromatic N) is 1. The van der Waals surface area contributed by atoms with Crippen molar-refractivity contribution in [2.45, 2.75) is 13.0 Å².